The van der Waals surface area contributed by atoms with Crippen molar-refractivity contribution in [3.63, 3.8) is 0 Å². The minimum atomic E-state index is -4.58. The smallest absolute Gasteiger partial charge is 0.268 e. The lowest BCUT2D eigenvalue weighted by molar-refractivity contribution is -0.870. The largest absolute Gasteiger partial charge is 0.756 e. The van der Waals surface area contributed by atoms with E-state index < -0.39 is 20.0 Å². The van der Waals surface area contributed by atoms with Gasteiger partial charge >= 0.3 is 0 Å². The zero-order valence-electron chi connectivity index (χ0n) is 59.5. The van der Waals surface area contributed by atoms with Crippen molar-refractivity contribution in [1.82, 2.24) is 5.32 Å². The molecule has 0 rings (SSSR count). The average molecular weight is 1250 g/mol. The first kappa shape index (κ1) is 86.0. The van der Waals surface area contributed by atoms with E-state index in [1.807, 2.05) is 21.1 Å². The number of allylic oxidation sites excluding steroid dienone is 4. The summed E-state index contributed by atoms with van der Waals surface area (Å²) in [5, 5.41) is 14.1. The number of aliphatic hydroxyl groups excluding tert-OH is 1. The van der Waals surface area contributed by atoms with Gasteiger partial charge in [0, 0.05) is 6.42 Å². The van der Waals surface area contributed by atoms with Crippen LogP contribution in [0.2, 0.25) is 0 Å². The Balaban J connectivity index is 3.89. The van der Waals surface area contributed by atoms with Gasteiger partial charge in [-0.1, -0.05) is 391 Å². The molecule has 0 bridgehead atoms. The Hall–Kier alpha value is -1.02. The van der Waals surface area contributed by atoms with Crippen molar-refractivity contribution >= 4 is 13.7 Å². The molecule has 0 saturated heterocycles. The minimum absolute atomic E-state index is 0.0158. The summed E-state index contributed by atoms with van der Waals surface area (Å²) in [5.41, 5.74) is 0. The topological polar surface area (TPSA) is 108 Å². The van der Waals surface area contributed by atoms with Crippen molar-refractivity contribution in [3.8, 4) is 0 Å². The first-order chi connectivity index (χ1) is 42.5. The monoisotopic (exact) mass is 1250 g/mol. The standard InChI is InChI=1S/C78H155N2O6P/c1-6-8-10-12-14-16-18-20-22-24-26-28-30-32-34-35-36-37-38-39-40-41-42-43-44-45-46-48-50-52-54-56-58-60-62-64-66-68-70-72-78(82)79-76(75-86-87(83,84)85-74-73-80(3,4)5)77(81)71-69-67-65-63-61-59-57-55-53-51-49-47-33-31-29-27-25-23-21-19-17-15-13-11-9-7-2/h18,20,24,26,76-77,81H,6-17,19,21-23,25,27-75H2,1-5H3,(H-,79,82,83,84)/b20-18-,26-24-. The molecule has 0 aliphatic heterocycles. The van der Waals surface area contributed by atoms with Gasteiger partial charge in [0.1, 0.15) is 13.2 Å². The number of nitrogens with one attached hydrogen (secondary N) is 1. The third-order valence-corrected chi connectivity index (χ3v) is 19.4. The first-order valence-electron chi connectivity index (χ1n) is 39.2. The number of likely N-dealkylation sites (N-methyl/N-ethyl adjacent to an activating group) is 1. The summed E-state index contributed by atoms with van der Waals surface area (Å²) in [4.78, 5) is 25.7. The zero-order chi connectivity index (χ0) is 63.4. The van der Waals surface area contributed by atoms with Crippen LogP contribution >= 0.6 is 7.82 Å². The number of quaternary nitrogens is 1. The number of nitrogens with zero attached hydrogens (tertiary/aromatic N) is 1. The molecule has 0 aromatic rings. The van der Waals surface area contributed by atoms with Crippen LogP contribution in [-0.2, 0) is 18.4 Å². The summed E-state index contributed by atoms with van der Waals surface area (Å²) in [6.07, 6.45) is 91.5. The molecule has 2 N–H and O–H groups in total. The van der Waals surface area contributed by atoms with Gasteiger partial charge in [0.25, 0.3) is 7.82 Å². The maximum atomic E-state index is 13.1. The van der Waals surface area contributed by atoms with Crippen LogP contribution in [0.15, 0.2) is 24.3 Å². The van der Waals surface area contributed by atoms with Crippen molar-refractivity contribution in [2.45, 2.75) is 431 Å². The van der Waals surface area contributed by atoms with Crippen molar-refractivity contribution in [1.29, 1.82) is 0 Å². The predicted molar refractivity (Wildman–Crippen MR) is 381 cm³/mol. The van der Waals surface area contributed by atoms with E-state index in [0.717, 1.165) is 44.9 Å². The van der Waals surface area contributed by atoms with Crippen LogP contribution in [0.5, 0.6) is 0 Å². The van der Waals surface area contributed by atoms with E-state index in [-0.39, 0.29) is 19.1 Å². The SMILES string of the molecule is CCCCCCC/C=C\C/C=C\CCCCCCCCCCCCCCCCCCCCCCCCCCCCCC(=O)NC(COP(=O)([O-])OCC[N+](C)(C)C)C(O)CCCCCCCCCCCCCCCCCCCCCCCCCCCC. The van der Waals surface area contributed by atoms with Crippen molar-refractivity contribution in [2.24, 2.45) is 0 Å². The summed E-state index contributed by atoms with van der Waals surface area (Å²) in [7, 11) is 1.33. The molecule has 0 fully saturated rings. The highest BCUT2D eigenvalue weighted by Gasteiger charge is 2.24. The molecule has 0 saturated carbocycles. The van der Waals surface area contributed by atoms with Crippen LogP contribution in [0.1, 0.15) is 418 Å². The molecule has 9 heteroatoms. The van der Waals surface area contributed by atoms with Crippen LogP contribution in [0.4, 0.5) is 0 Å². The Bertz CT molecular complexity index is 1470. The molecule has 0 radical (unpaired) electrons. The van der Waals surface area contributed by atoms with Gasteiger partial charge in [0.15, 0.2) is 0 Å². The van der Waals surface area contributed by atoms with E-state index in [2.05, 4.69) is 43.5 Å². The number of carbonyl (C=O) groups excluding carboxylic acids is 1. The summed E-state index contributed by atoms with van der Waals surface area (Å²) >= 11 is 0. The second-order valence-corrected chi connectivity index (χ2v) is 29.8. The second-order valence-electron chi connectivity index (χ2n) is 28.4. The lowest BCUT2D eigenvalue weighted by Crippen LogP contribution is -2.46. The average Bonchev–Trinajstić information content (AvgIpc) is 3.69. The highest BCUT2D eigenvalue weighted by molar-refractivity contribution is 7.45. The van der Waals surface area contributed by atoms with Crippen molar-refractivity contribution in [3.05, 3.63) is 24.3 Å². The number of hydrogen-bond donors (Lipinski definition) is 2. The number of phosphoric ester groups is 1. The normalized spacial score (nSPS) is 13.6. The van der Waals surface area contributed by atoms with Crippen LogP contribution in [0, 0.1) is 0 Å². The number of hydrogen-bond acceptors (Lipinski definition) is 6. The Morgan fingerprint density at radius 3 is 0.954 bits per heavy atom. The Morgan fingerprint density at radius 1 is 0.402 bits per heavy atom. The van der Waals surface area contributed by atoms with E-state index in [1.165, 1.54) is 347 Å². The number of phosphoric acid groups is 1. The van der Waals surface area contributed by atoms with Gasteiger partial charge in [-0.2, -0.15) is 0 Å². The number of amides is 1. The second kappa shape index (κ2) is 69.3. The fourth-order valence-electron chi connectivity index (χ4n) is 12.4. The predicted octanol–water partition coefficient (Wildman–Crippen LogP) is 24.8. The molecular formula is C78H155N2O6P. The number of rotatable bonds is 74. The van der Waals surface area contributed by atoms with Gasteiger partial charge in [0.2, 0.25) is 5.91 Å². The number of aliphatic hydroxyl groups is 1. The molecule has 1 amide bonds. The van der Waals surface area contributed by atoms with Gasteiger partial charge in [-0.05, 0) is 44.9 Å². The number of unbranched alkanes of at least 4 members (excludes halogenated alkanes) is 57. The lowest BCUT2D eigenvalue weighted by atomic mass is 10.0. The molecule has 0 aromatic heterocycles. The zero-order valence-corrected chi connectivity index (χ0v) is 60.4. The van der Waals surface area contributed by atoms with E-state index >= 15 is 0 Å². The third kappa shape index (κ3) is 72.3. The maximum absolute atomic E-state index is 13.1. The van der Waals surface area contributed by atoms with Gasteiger partial charge in [-0.15, -0.1) is 0 Å². The van der Waals surface area contributed by atoms with E-state index in [0.29, 0.717) is 23.9 Å². The summed E-state index contributed by atoms with van der Waals surface area (Å²) < 4.78 is 23.6. The molecule has 0 aliphatic rings. The van der Waals surface area contributed by atoms with Crippen molar-refractivity contribution in [2.75, 3.05) is 40.9 Å². The van der Waals surface area contributed by atoms with Crippen molar-refractivity contribution < 1.29 is 32.9 Å². The highest BCUT2D eigenvalue weighted by atomic mass is 31.2. The van der Waals surface area contributed by atoms with E-state index in [4.69, 9.17) is 9.05 Å². The molecule has 8 nitrogen and oxygen atoms in total. The van der Waals surface area contributed by atoms with Gasteiger partial charge < -0.3 is 28.8 Å². The quantitative estimate of drug-likeness (QED) is 0.0272. The third-order valence-electron chi connectivity index (χ3n) is 18.4. The number of carbonyl (C=O) groups is 1. The van der Waals surface area contributed by atoms with Gasteiger partial charge in [-0.3, -0.25) is 9.36 Å². The maximum Gasteiger partial charge on any atom is 0.268 e. The molecule has 87 heavy (non-hydrogen) atoms. The minimum Gasteiger partial charge on any atom is -0.756 e. The molecule has 3 unspecified atom stereocenters. The van der Waals surface area contributed by atoms with Gasteiger partial charge in [-0.25, -0.2) is 0 Å². The summed E-state index contributed by atoms with van der Waals surface area (Å²) in [6.45, 7) is 4.78. The summed E-state index contributed by atoms with van der Waals surface area (Å²) in [6, 6.07) is -0.799. The van der Waals surface area contributed by atoms with Crippen LogP contribution in [0.3, 0.4) is 0 Å². The van der Waals surface area contributed by atoms with Crippen LogP contribution in [-0.4, -0.2) is 68.5 Å². The van der Waals surface area contributed by atoms with E-state index in [9.17, 15) is 19.4 Å². The molecule has 0 spiro atoms. The van der Waals surface area contributed by atoms with Crippen LogP contribution in [0.25, 0.3) is 0 Å². The molecule has 0 heterocycles. The Morgan fingerprint density at radius 2 is 0.667 bits per heavy atom. The molecule has 0 aromatic carbocycles. The highest BCUT2D eigenvalue weighted by Crippen LogP contribution is 2.38. The Kier molecular flexibility index (Phi) is 68.5. The van der Waals surface area contributed by atoms with Gasteiger partial charge in [0.05, 0.1) is 39.9 Å². The molecule has 0 aliphatic carbocycles. The molecule has 3 atom stereocenters. The lowest BCUT2D eigenvalue weighted by Gasteiger charge is -2.30. The fraction of sp³-hybridized carbons (Fsp3) is 0.936. The Labute approximate surface area is 545 Å². The van der Waals surface area contributed by atoms with Crippen LogP contribution < -0.4 is 10.2 Å². The molecule has 518 valence electrons. The fourth-order valence-corrected chi connectivity index (χ4v) is 13.1. The molecular weight excluding hydrogens is 1090 g/mol. The first-order valence-corrected chi connectivity index (χ1v) is 40.6. The van der Waals surface area contributed by atoms with E-state index in [1.54, 1.807) is 0 Å². The summed E-state index contributed by atoms with van der Waals surface area (Å²) in [5.74, 6) is -0.154.